The zero-order valence-electron chi connectivity index (χ0n) is 7.23. The number of ether oxygens (including phenoxy) is 1. The molecule has 1 aromatic heterocycles. The number of nitrogens with zero attached hydrogens (tertiary/aromatic N) is 3. The third kappa shape index (κ3) is 2.60. The van der Waals surface area contributed by atoms with Crippen LogP contribution < -0.4 is 0 Å². The number of hydrogen-bond donors (Lipinski definition) is 0. The molecular weight excluding hydrogens is 170 g/mol. The average molecular weight is 179 g/mol. The van der Waals surface area contributed by atoms with Gasteiger partial charge in [0.25, 0.3) is 0 Å². The van der Waals surface area contributed by atoms with Crippen molar-refractivity contribution in [3.05, 3.63) is 11.9 Å². The van der Waals surface area contributed by atoms with E-state index in [-0.39, 0.29) is 12.4 Å². The highest BCUT2D eigenvalue weighted by Crippen LogP contribution is 1.95. The van der Waals surface area contributed by atoms with Gasteiger partial charge in [0.05, 0.1) is 25.4 Å². The molecule has 0 aromatic carbocycles. The van der Waals surface area contributed by atoms with Crippen molar-refractivity contribution in [1.82, 2.24) is 15.0 Å². The van der Waals surface area contributed by atoms with Gasteiger partial charge < -0.3 is 4.74 Å². The molecule has 0 aliphatic carbocycles. The Balaban J connectivity index is 2.59. The van der Waals surface area contributed by atoms with E-state index in [1.54, 1.807) is 6.20 Å². The number of rotatable bonds is 3. The number of aromatic nitrogens is 3. The van der Waals surface area contributed by atoms with Crippen LogP contribution in [0.1, 0.15) is 5.69 Å². The Bertz CT molecular complexity index is 337. The third-order valence-electron chi connectivity index (χ3n) is 1.39. The summed E-state index contributed by atoms with van der Waals surface area (Å²) in [6, 6.07) is 0. The van der Waals surface area contributed by atoms with Crippen LogP contribution in [-0.2, 0) is 22.5 Å². The first-order chi connectivity index (χ1) is 6.26. The minimum absolute atomic E-state index is 0.126. The van der Waals surface area contributed by atoms with Crippen LogP contribution in [0.4, 0.5) is 0 Å². The lowest BCUT2D eigenvalue weighted by Crippen LogP contribution is -2.04. The highest BCUT2D eigenvalue weighted by molar-refractivity contribution is 5.71. The molecule has 1 aromatic rings. The maximum atomic E-state index is 10.8. The summed E-state index contributed by atoms with van der Waals surface area (Å²) in [5, 5.41) is 7.45. The van der Waals surface area contributed by atoms with Crippen LogP contribution in [0.2, 0.25) is 0 Å². The first-order valence-corrected chi connectivity index (χ1v) is 3.65. The normalized spacial score (nSPS) is 9.23. The Labute approximate surface area is 75.7 Å². The standard InChI is InChI=1S/C8H9N3O2/c1-3-4-11-6-7(9-10-11)5-8(12)13-2/h1,6H,4-5H2,2H3. The van der Waals surface area contributed by atoms with Gasteiger partial charge in [-0.05, 0) is 0 Å². The summed E-state index contributed by atoms with van der Waals surface area (Å²) in [7, 11) is 1.33. The van der Waals surface area contributed by atoms with Gasteiger partial charge in [-0.25, -0.2) is 4.68 Å². The number of carbonyl (C=O) groups excluding carboxylic acids is 1. The Kier molecular flexibility index (Phi) is 3.03. The van der Waals surface area contributed by atoms with E-state index < -0.39 is 0 Å². The van der Waals surface area contributed by atoms with E-state index in [4.69, 9.17) is 6.42 Å². The van der Waals surface area contributed by atoms with Gasteiger partial charge in [-0.1, -0.05) is 11.1 Å². The van der Waals surface area contributed by atoms with Crippen molar-refractivity contribution in [3.8, 4) is 12.3 Å². The van der Waals surface area contributed by atoms with Crippen LogP contribution in [-0.4, -0.2) is 28.1 Å². The van der Waals surface area contributed by atoms with Gasteiger partial charge in [-0.2, -0.15) is 0 Å². The summed E-state index contributed by atoms with van der Waals surface area (Å²) in [6.07, 6.45) is 6.81. The summed E-state index contributed by atoms with van der Waals surface area (Å²) in [4.78, 5) is 10.8. The fraction of sp³-hybridized carbons (Fsp3) is 0.375. The van der Waals surface area contributed by atoms with Crippen molar-refractivity contribution in [1.29, 1.82) is 0 Å². The summed E-state index contributed by atoms with van der Waals surface area (Å²) >= 11 is 0. The Morgan fingerprint density at radius 2 is 2.62 bits per heavy atom. The van der Waals surface area contributed by atoms with Gasteiger partial charge in [0.15, 0.2) is 0 Å². The van der Waals surface area contributed by atoms with E-state index >= 15 is 0 Å². The monoisotopic (exact) mass is 179 g/mol. The van der Waals surface area contributed by atoms with Gasteiger partial charge in [0, 0.05) is 0 Å². The largest absolute Gasteiger partial charge is 0.469 e. The molecule has 0 saturated carbocycles. The van der Waals surface area contributed by atoms with E-state index in [0.717, 1.165) is 0 Å². The topological polar surface area (TPSA) is 57.0 Å². The third-order valence-corrected chi connectivity index (χ3v) is 1.39. The molecule has 0 aliphatic rings. The molecule has 0 unspecified atom stereocenters. The second-order valence-corrected chi connectivity index (χ2v) is 2.36. The van der Waals surface area contributed by atoms with Crippen molar-refractivity contribution >= 4 is 5.97 Å². The van der Waals surface area contributed by atoms with E-state index in [0.29, 0.717) is 12.2 Å². The minimum Gasteiger partial charge on any atom is -0.469 e. The lowest BCUT2D eigenvalue weighted by atomic mass is 10.3. The molecule has 5 nitrogen and oxygen atoms in total. The van der Waals surface area contributed by atoms with Gasteiger partial charge in [-0.3, -0.25) is 4.79 Å². The molecule has 0 amide bonds. The molecule has 5 heteroatoms. The molecule has 0 N–H and O–H groups in total. The quantitative estimate of drug-likeness (QED) is 0.469. The van der Waals surface area contributed by atoms with E-state index in [2.05, 4.69) is 21.0 Å². The molecule has 0 saturated heterocycles. The predicted octanol–water partition coefficient (Wildman–Crippen LogP) is -0.373. The van der Waals surface area contributed by atoms with Crippen molar-refractivity contribution in [2.75, 3.05) is 7.11 Å². The second kappa shape index (κ2) is 4.26. The van der Waals surface area contributed by atoms with Crippen molar-refractivity contribution < 1.29 is 9.53 Å². The van der Waals surface area contributed by atoms with Gasteiger partial charge in [-0.15, -0.1) is 11.5 Å². The summed E-state index contributed by atoms with van der Waals surface area (Å²) in [5.41, 5.74) is 0.558. The zero-order valence-corrected chi connectivity index (χ0v) is 7.23. The maximum absolute atomic E-state index is 10.8. The van der Waals surface area contributed by atoms with Crippen LogP contribution in [0, 0.1) is 12.3 Å². The van der Waals surface area contributed by atoms with E-state index in [1.807, 2.05) is 0 Å². The predicted molar refractivity (Wildman–Crippen MR) is 44.6 cm³/mol. The molecular formula is C8H9N3O2. The highest BCUT2D eigenvalue weighted by atomic mass is 16.5. The van der Waals surface area contributed by atoms with Gasteiger partial charge in [0.1, 0.15) is 6.54 Å². The summed E-state index contributed by atoms with van der Waals surface area (Å²) < 4.78 is 5.95. The SMILES string of the molecule is C#CCn1cc(CC(=O)OC)nn1. The number of carbonyl (C=O) groups is 1. The van der Waals surface area contributed by atoms with Gasteiger partial charge >= 0.3 is 5.97 Å². The van der Waals surface area contributed by atoms with Crippen LogP contribution in [0.3, 0.4) is 0 Å². The molecule has 0 aliphatic heterocycles. The molecule has 0 fully saturated rings. The molecule has 1 rings (SSSR count). The Hall–Kier alpha value is -1.83. The molecule has 1 heterocycles. The van der Waals surface area contributed by atoms with Crippen molar-refractivity contribution in [3.63, 3.8) is 0 Å². The molecule has 68 valence electrons. The molecule has 0 atom stereocenters. The van der Waals surface area contributed by atoms with Crippen molar-refractivity contribution in [2.45, 2.75) is 13.0 Å². The van der Waals surface area contributed by atoms with Crippen LogP contribution >= 0.6 is 0 Å². The zero-order chi connectivity index (χ0) is 9.68. The molecule has 13 heavy (non-hydrogen) atoms. The van der Waals surface area contributed by atoms with Crippen LogP contribution in [0.25, 0.3) is 0 Å². The fourth-order valence-electron chi connectivity index (χ4n) is 0.810. The number of terminal acetylenes is 1. The van der Waals surface area contributed by atoms with Crippen LogP contribution in [0.5, 0.6) is 0 Å². The Morgan fingerprint density at radius 3 is 3.23 bits per heavy atom. The lowest BCUT2D eigenvalue weighted by molar-refractivity contribution is -0.139. The number of esters is 1. The highest BCUT2D eigenvalue weighted by Gasteiger charge is 2.06. The first kappa shape index (κ1) is 9.26. The average Bonchev–Trinajstić information content (AvgIpc) is 2.53. The number of methoxy groups -OCH3 is 1. The number of hydrogen-bond acceptors (Lipinski definition) is 4. The van der Waals surface area contributed by atoms with E-state index in [1.165, 1.54) is 11.8 Å². The smallest absolute Gasteiger partial charge is 0.311 e. The maximum Gasteiger partial charge on any atom is 0.311 e. The van der Waals surface area contributed by atoms with Gasteiger partial charge in [0.2, 0.25) is 0 Å². The minimum atomic E-state index is -0.340. The molecule has 0 bridgehead atoms. The lowest BCUT2D eigenvalue weighted by Gasteiger charge is -1.92. The first-order valence-electron chi connectivity index (χ1n) is 3.65. The Morgan fingerprint density at radius 1 is 1.85 bits per heavy atom. The summed E-state index contributed by atoms with van der Waals surface area (Å²) in [5.74, 6) is 2.07. The second-order valence-electron chi connectivity index (χ2n) is 2.36. The molecule has 0 radical (unpaired) electrons. The van der Waals surface area contributed by atoms with E-state index in [9.17, 15) is 4.79 Å². The van der Waals surface area contributed by atoms with Crippen LogP contribution in [0.15, 0.2) is 6.20 Å². The molecule has 0 spiro atoms. The van der Waals surface area contributed by atoms with Crippen molar-refractivity contribution in [2.24, 2.45) is 0 Å². The summed E-state index contributed by atoms with van der Waals surface area (Å²) in [6.45, 7) is 0.355. The fourth-order valence-corrected chi connectivity index (χ4v) is 0.810.